The summed E-state index contributed by atoms with van der Waals surface area (Å²) in [5, 5.41) is 168. The number of methoxy groups -OCH3 is 2. The molecule has 38 atom stereocenters. The molecular formula is C69H112O33. The molecule has 11 rings (SSSR count). The third kappa shape index (κ3) is 14.2. The van der Waals surface area contributed by atoms with Crippen LogP contribution in [0.15, 0.2) is 11.6 Å². The van der Waals surface area contributed by atoms with E-state index in [1.165, 1.54) is 33.6 Å². The number of carbonyl (C=O) groups excluding carboxylic acids is 2. The molecule has 10 fully saturated rings. The maximum absolute atomic E-state index is 14.8. The van der Waals surface area contributed by atoms with Crippen molar-refractivity contribution in [1.29, 1.82) is 0 Å². The van der Waals surface area contributed by atoms with Gasteiger partial charge < -0.3 is 152 Å². The molecule has 3 saturated carbocycles. The molecule has 7 heterocycles. The van der Waals surface area contributed by atoms with Gasteiger partial charge in [-0.3, -0.25) is 9.59 Å². The molecule has 33 heteroatoms. The lowest BCUT2D eigenvalue weighted by molar-refractivity contribution is -0.397. The van der Waals surface area contributed by atoms with E-state index >= 15 is 0 Å². The second-order valence-electron chi connectivity index (χ2n) is 31.9. The van der Waals surface area contributed by atoms with E-state index in [0.29, 0.717) is 38.5 Å². The lowest BCUT2D eigenvalue weighted by Crippen LogP contribution is -2.67. The average Bonchev–Trinajstić information content (AvgIpc) is 1.47. The van der Waals surface area contributed by atoms with Crippen LogP contribution >= 0.6 is 0 Å². The Morgan fingerprint density at radius 1 is 0.539 bits per heavy atom. The highest BCUT2D eigenvalue weighted by atomic mass is 16.8. The Morgan fingerprint density at radius 3 is 1.52 bits per heavy atom. The zero-order chi connectivity index (χ0) is 74.4. The largest absolute Gasteiger partial charge is 0.462 e. The van der Waals surface area contributed by atoms with Gasteiger partial charge in [-0.2, -0.15) is 0 Å². The van der Waals surface area contributed by atoms with E-state index in [0.717, 1.165) is 19.3 Å². The molecular weight excluding hydrogens is 1360 g/mol. The molecule has 0 amide bonds. The van der Waals surface area contributed by atoms with Gasteiger partial charge in [-0.1, -0.05) is 53.2 Å². The fraction of sp³-hybridized carbons (Fsp3) is 0.942. The van der Waals surface area contributed by atoms with Gasteiger partial charge in [0.2, 0.25) is 0 Å². The van der Waals surface area contributed by atoms with Crippen LogP contribution in [0, 0.1) is 45.3 Å². The molecule has 1 unspecified atom stereocenters. The van der Waals surface area contributed by atoms with Gasteiger partial charge in [-0.25, -0.2) is 0 Å². The maximum Gasteiger partial charge on any atom is 0.313 e. The lowest BCUT2D eigenvalue weighted by Gasteiger charge is -2.64. The van der Waals surface area contributed by atoms with Gasteiger partial charge in [0.15, 0.2) is 37.7 Å². The molecule has 0 aromatic rings. The van der Waals surface area contributed by atoms with Crippen LogP contribution in [0.4, 0.5) is 0 Å². The third-order valence-corrected chi connectivity index (χ3v) is 25.1. The predicted molar refractivity (Wildman–Crippen MR) is 341 cm³/mol. The predicted octanol–water partition coefficient (Wildman–Crippen LogP) is -3.46. The Balaban J connectivity index is 0.836. The lowest BCUT2D eigenvalue weighted by atomic mass is 9.41. The SMILES string of the molecule is CO[C@@H]1[C@@H](O)[C@H](O[C@@H]2[C@@H](O)[C@H](O[C@H]3[C@H](O)[C@@H](O)[C@H](O[C@H]4[C@H](O[C@H]5CC[C@@]6(C)C(CC=C7[C@H]6CC[C@]68C(=O)O[C@@](C)(C[C@H](CC(C)C)OC(C)=O)[C@H]6CC[C@@]78C)C5(C)C)OC[C@@H](O[C@@H]5O[C@H](CO)[C@@H](O)[C@H](O[C@@H]6O[C@H](CO)[C@@H](O)[C@H](OC)[C@H]6O)[C@H]5O)[C@@H]4O)O[C@@H]3C)O[C@H](CO)[C@H]2O)O[C@H](CO)[C@H]1O. The Bertz CT molecular complexity index is 2860. The van der Waals surface area contributed by atoms with E-state index in [1.807, 2.05) is 6.92 Å². The van der Waals surface area contributed by atoms with Crippen LogP contribution < -0.4 is 0 Å². The summed E-state index contributed by atoms with van der Waals surface area (Å²) in [6, 6.07) is 0. The standard InChI is InChI=1S/C69H112O33/c1-27(2)20-30(91-29(4)74)21-68(9)39-15-18-67(8)32-12-13-38-65(5,6)40(16-17-66(38,7)31(32)14-19-69(39,67)64(86)102-68)97-63-57(45(79)37(26-89-63)96-59-50(84)55(43(77)35(24-72)92-59)99-60-48(82)53(87-10)41(75)33(22-70)93-60)101-58-47(81)46(80)52(28(3)90-58)98-62-51(85)56(44(78)36(25-73)95-62)100-61-49(83)54(88-11)42(76)34(23-71)94-61/h12,27-28,30-31,33-63,70-73,75-85H,13-26H2,1-11H3/t28-,30+,31-,33-,34-,35-,36-,37-,38?,39-,40+,41-,42-,43-,44-,45+,46-,47-,48-,49-,50-,51-,52-,53+,54+,55+,56+,57-,58+,59+,60+,61+,62+,63+,66-,67+,68+,69-/m1/s1. The van der Waals surface area contributed by atoms with Gasteiger partial charge in [-0.05, 0) is 93.8 Å². The van der Waals surface area contributed by atoms with E-state index in [4.69, 9.17) is 75.8 Å². The Morgan fingerprint density at radius 2 is 1.02 bits per heavy atom. The number of allylic oxidation sites excluding steroid dienone is 2. The van der Waals surface area contributed by atoms with Gasteiger partial charge in [-0.15, -0.1) is 0 Å². The molecule has 15 N–H and O–H groups in total. The van der Waals surface area contributed by atoms with E-state index in [-0.39, 0.29) is 41.0 Å². The zero-order valence-corrected chi connectivity index (χ0v) is 59.7. The molecule has 33 nitrogen and oxygen atoms in total. The first kappa shape index (κ1) is 80.5. The Hall–Kier alpha value is -2.48. The minimum atomic E-state index is -2.08. The number of esters is 2. The van der Waals surface area contributed by atoms with Crippen molar-refractivity contribution in [3.63, 3.8) is 0 Å². The number of cyclic esters (lactones) is 1. The first-order valence-corrected chi connectivity index (χ1v) is 36.0. The van der Waals surface area contributed by atoms with Gasteiger partial charge >= 0.3 is 11.9 Å². The van der Waals surface area contributed by atoms with E-state index in [2.05, 4.69) is 47.6 Å². The van der Waals surface area contributed by atoms with Crippen LogP contribution in [0.1, 0.15) is 120 Å². The van der Waals surface area contributed by atoms with Crippen molar-refractivity contribution < 1.29 is 162 Å². The number of hydrogen-bond acceptors (Lipinski definition) is 33. The van der Waals surface area contributed by atoms with Crippen LogP contribution in [-0.2, 0) is 85.4 Å². The van der Waals surface area contributed by atoms with E-state index < -0.39 is 245 Å². The van der Waals surface area contributed by atoms with E-state index in [9.17, 15) is 86.2 Å². The number of aliphatic hydroxyl groups excluding tert-OH is 15. The fourth-order valence-electron chi connectivity index (χ4n) is 19.8. The zero-order valence-electron chi connectivity index (χ0n) is 59.7. The molecule has 7 saturated heterocycles. The van der Waals surface area contributed by atoms with Crippen LogP contribution in [-0.4, -0.2) is 332 Å². The topological polar surface area (TPSA) is 485 Å². The van der Waals surface area contributed by atoms with Crippen molar-refractivity contribution >= 4 is 11.9 Å². The molecule has 0 radical (unpaired) electrons. The molecule has 0 aromatic heterocycles. The second-order valence-corrected chi connectivity index (χ2v) is 31.9. The monoisotopic (exact) mass is 1470 g/mol. The highest BCUT2D eigenvalue weighted by Crippen LogP contribution is 2.76. The first-order chi connectivity index (χ1) is 48.1. The molecule has 102 heavy (non-hydrogen) atoms. The molecule has 11 aliphatic rings. The normalized spacial score (nSPS) is 51.2. The molecule has 7 aliphatic heterocycles. The van der Waals surface area contributed by atoms with Crippen LogP contribution in [0.25, 0.3) is 0 Å². The number of fused-ring (bicyclic) bond motifs is 4. The minimum Gasteiger partial charge on any atom is -0.462 e. The van der Waals surface area contributed by atoms with Crippen LogP contribution in [0.3, 0.4) is 0 Å². The quantitative estimate of drug-likeness (QED) is 0.0349. The van der Waals surface area contributed by atoms with Gasteiger partial charge in [0.25, 0.3) is 0 Å². The maximum atomic E-state index is 14.8. The van der Waals surface area contributed by atoms with Gasteiger partial charge in [0.05, 0.1) is 50.7 Å². The number of aliphatic hydroxyl groups is 15. The summed E-state index contributed by atoms with van der Waals surface area (Å²) < 4.78 is 96.4. The number of ether oxygens (including phenoxy) is 16. The molecule has 0 aromatic carbocycles. The third-order valence-electron chi connectivity index (χ3n) is 25.1. The smallest absolute Gasteiger partial charge is 0.313 e. The van der Waals surface area contributed by atoms with Crippen molar-refractivity contribution in [2.75, 3.05) is 47.3 Å². The highest BCUT2D eigenvalue weighted by molar-refractivity contribution is 5.83. The summed E-state index contributed by atoms with van der Waals surface area (Å²) >= 11 is 0. The number of rotatable bonds is 23. The van der Waals surface area contributed by atoms with E-state index in [1.54, 1.807) is 0 Å². The molecule has 1 spiro atoms. The fourth-order valence-corrected chi connectivity index (χ4v) is 19.8. The molecule has 0 bridgehead atoms. The van der Waals surface area contributed by atoms with Gasteiger partial charge in [0.1, 0.15) is 146 Å². The highest BCUT2D eigenvalue weighted by Gasteiger charge is 2.77. The summed E-state index contributed by atoms with van der Waals surface area (Å²) in [5.41, 5.74) is -1.87. The summed E-state index contributed by atoms with van der Waals surface area (Å²) in [5.74, 6) is -0.403. The van der Waals surface area contributed by atoms with Crippen LogP contribution in [0.5, 0.6) is 0 Å². The summed E-state index contributed by atoms with van der Waals surface area (Å²) in [7, 11) is 2.37. The minimum absolute atomic E-state index is 0.0312. The Labute approximate surface area is 592 Å². The van der Waals surface area contributed by atoms with Crippen molar-refractivity contribution in [3.8, 4) is 0 Å². The van der Waals surface area contributed by atoms with Gasteiger partial charge in [0, 0.05) is 38.9 Å². The molecule has 586 valence electrons. The summed E-state index contributed by atoms with van der Waals surface area (Å²) in [4.78, 5) is 27.2. The van der Waals surface area contributed by atoms with Crippen molar-refractivity contribution in [2.45, 2.75) is 316 Å². The summed E-state index contributed by atoms with van der Waals surface area (Å²) in [6.45, 7) is 14.0. The van der Waals surface area contributed by atoms with Crippen molar-refractivity contribution in [1.82, 2.24) is 0 Å². The Kier molecular flexibility index (Phi) is 24.9. The first-order valence-electron chi connectivity index (χ1n) is 36.0. The average molecular weight is 1470 g/mol. The number of hydrogen-bond donors (Lipinski definition) is 15. The van der Waals surface area contributed by atoms with Crippen molar-refractivity contribution in [3.05, 3.63) is 11.6 Å². The molecule has 4 aliphatic carbocycles. The summed E-state index contributed by atoms with van der Waals surface area (Å²) in [6.07, 6.45) is -42.3. The van der Waals surface area contributed by atoms with Crippen LogP contribution in [0.2, 0.25) is 0 Å². The number of carbonyl (C=O) groups is 2. The second kappa shape index (κ2) is 31.5. The van der Waals surface area contributed by atoms with Crippen molar-refractivity contribution in [2.24, 2.45) is 45.3 Å².